The number of nitrogens with two attached hydrogens (primary N) is 1. The zero-order chi connectivity index (χ0) is 12.3. The first-order valence-electron chi connectivity index (χ1n) is 4.09. The Morgan fingerprint density at radius 3 is 2.20 bits per heavy atom. The molecule has 1 amide bonds. The van der Waals surface area contributed by atoms with Gasteiger partial charge in [0.25, 0.3) is 0 Å². The quantitative estimate of drug-likeness (QED) is 0.502. The molecule has 4 N–H and O–H groups in total. The van der Waals surface area contributed by atoms with Gasteiger partial charge in [0.05, 0.1) is 5.75 Å². The van der Waals surface area contributed by atoms with Crippen molar-refractivity contribution in [3.05, 3.63) is 0 Å². The lowest BCUT2D eigenvalue weighted by Crippen LogP contribution is -2.44. The standard InChI is InChI=1S/C7H14N2O5S/c1-7(2,6(11)12)5(10)9-3-4-15(8,13)14/h3-4H2,1-2H3,(H,9,10)(H,11,12)(H2,8,13,14). The van der Waals surface area contributed by atoms with Gasteiger partial charge in [0, 0.05) is 6.54 Å². The fraction of sp³-hybridized carbons (Fsp3) is 0.714. The molecule has 0 atom stereocenters. The highest BCUT2D eigenvalue weighted by Crippen LogP contribution is 2.14. The number of carboxylic acid groups (broad SMARTS) is 1. The number of aliphatic carboxylic acids is 1. The van der Waals surface area contributed by atoms with Crippen LogP contribution in [0.5, 0.6) is 0 Å². The number of amides is 1. The van der Waals surface area contributed by atoms with Crippen LogP contribution in [0.1, 0.15) is 13.8 Å². The Balaban J connectivity index is 4.23. The molecule has 15 heavy (non-hydrogen) atoms. The zero-order valence-electron chi connectivity index (χ0n) is 8.48. The third-order valence-electron chi connectivity index (χ3n) is 1.77. The zero-order valence-corrected chi connectivity index (χ0v) is 9.30. The van der Waals surface area contributed by atoms with Crippen LogP contribution in [-0.4, -0.2) is 37.7 Å². The van der Waals surface area contributed by atoms with Crippen LogP contribution < -0.4 is 10.5 Å². The van der Waals surface area contributed by atoms with E-state index >= 15 is 0 Å². The Bertz CT molecular complexity index is 360. The second-order valence-corrected chi connectivity index (χ2v) is 5.29. The number of carbonyl (C=O) groups excluding carboxylic acids is 1. The van der Waals surface area contributed by atoms with Crippen LogP contribution in [0.4, 0.5) is 0 Å². The molecule has 0 heterocycles. The van der Waals surface area contributed by atoms with Crippen molar-refractivity contribution in [3.63, 3.8) is 0 Å². The Morgan fingerprint density at radius 1 is 1.40 bits per heavy atom. The molecule has 0 spiro atoms. The first kappa shape index (κ1) is 13.8. The molecule has 0 rings (SSSR count). The molecule has 0 aliphatic heterocycles. The fourth-order valence-electron chi connectivity index (χ4n) is 0.625. The van der Waals surface area contributed by atoms with Gasteiger partial charge in [-0.25, -0.2) is 13.6 Å². The highest BCUT2D eigenvalue weighted by Gasteiger charge is 2.35. The Labute approximate surface area is 87.7 Å². The van der Waals surface area contributed by atoms with Gasteiger partial charge in [-0.2, -0.15) is 0 Å². The predicted molar refractivity (Wildman–Crippen MR) is 52.4 cm³/mol. The van der Waals surface area contributed by atoms with Crippen molar-refractivity contribution in [2.45, 2.75) is 13.8 Å². The van der Waals surface area contributed by atoms with E-state index in [1.807, 2.05) is 0 Å². The first-order chi connectivity index (χ1) is 6.57. The summed E-state index contributed by atoms with van der Waals surface area (Å²) in [5.74, 6) is -2.46. The van der Waals surface area contributed by atoms with Crippen molar-refractivity contribution in [2.24, 2.45) is 10.6 Å². The van der Waals surface area contributed by atoms with E-state index in [0.717, 1.165) is 0 Å². The molecule has 8 heteroatoms. The highest BCUT2D eigenvalue weighted by atomic mass is 32.2. The second-order valence-electron chi connectivity index (χ2n) is 3.55. The van der Waals surface area contributed by atoms with Crippen LogP contribution in [0.2, 0.25) is 0 Å². The number of sulfonamides is 1. The van der Waals surface area contributed by atoms with Crippen molar-refractivity contribution in [2.75, 3.05) is 12.3 Å². The van der Waals surface area contributed by atoms with Crippen LogP contribution in [-0.2, 0) is 19.6 Å². The number of rotatable bonds is 5. The van der Waals surface area contributed by atoms with Gasteiger partial charge in [-0.1, -0.05) is 0 Å². The van der Waals surface area contributed by atoms with Gasteiger partial charge < -0.3 is 10.4 Å². The largest absolute Gasteiger partial charge is 0.480 e. The maximum absolute atomic E-state index is 11.3. The second kappa shape index (κ2) is 4.58. The highest BCUT2D eigenvalue weighted by molar-refractivity contribution is 7.89. The van der Waals surface area contributed by atoms with Gasteiger partial charge >= 0.3 is 5.97 Å². The van der Waals surface area contributed by atoms with Crippen molar-refractivity contribution >= 4 is 21.9 Å². The summed E-state index contributed by atoms with van der Waals surface area (Å²) in [4.78, 5) is 21.9. The average molecular weight is 238 g/mol. The van der Waals surface area contributed by atoms with Crippen LogP contribution in [0.3, 0.4) is 0 Å². The van der Waals surface area contributed by atoms with Gasteiger partial charge in [0.1, 0.15) is 5.41 Å². The molecule has 0 unspecified atom stereocenters. The lowest BCUT2D eigenvalue weighted by molar-refractivity contribution is -0.153. The van der Waals surface area contributed by atoms with E-state index in [9.17, 15) is 18.0 Å². The Hall–Kier alpha value is -1.15. The molecule has 0 aromatic carbocycles. The minimum atomic E-state index is -3.65. The van der Waals surface area contributed by atoms with Crippen molar-refractivity contribution < 1.29 is 23.1 Å². The Morgan fingerprint density at radius 2 is 1.87 bits per heavy atom. The molecule has 7 nitrogen and oxygen atoms in total. The van der Waals surface area contributed by atoms with Crippen LogP contribution in [0.25, 0.3) is 0 Å². The van der Waals surface area contributed by atoms with E-state index < -0.39 is 33.1 Å². The minimum Gasteiger partial charge on any atom is -0.480 e. The number of nitrogens with one attached hydrogen (secondary N) is 1. The van der Waals surface area contributed by atoms with E-state index in [4.69, 9.17) is 10.2 Å². The molecule has 0 aromatic rings. The SMILES string of the molecule is CC(C)(C(=O)O)C(=O)NCCS(N)(=O)=O. The number of carbonyl (C=O) groups is 2. The molecule has 0 saturated carbocycles. The van der Waals surface area contributed by atoms with E-state index in [-0.39, 0.29) is 6.54 Å². The molecular weight excluding hydrogens is 224 g/mol. The summed E-state index contributed by atoms with van der Waals surface area (Å²) in [7, 11) is -3.65. The van der Waals surface area contributed by atoms with Crippen molar-refractivity contribution in [1.29, 1.82) is 0 Å². The lowest BCUT2D eigenvalue weighted by atomic mass is 9.93. The van der Waals surface area contributed by atoms with Gasteiger partial charge in [0.15, 0.2) is 0 Å². The average Bonchev–Trinajstić information content (AvgIpc) is 2.01. The molecule has 0 fully saturated rings. The van der Waals surface area contributed by atoms with E-state index in [2.05, 4.69) is 5.32 Å². The number of hydrogen-bond donors (Lipinski definition) is 3. The molecule has 0 saturated heterocycles. The Kier molecular flexibility index (Phi) is 4.23. The smallest absolute Gasteiger partial charge is 0.318 e. The molecule has 0 radical (unpaired) electrons. The maximum atomic E-state index is 11.3. The molecular formula is C7H14N2O5S. The van der Waals surface area contributed by atoms with Crippen LogP contribution in [0.15, 0.2) is 0 Å². The summed E-state index contributed by atoms with van der Waals surface area (Å²) in [6, 6.07) is 0. The topological polar surface area (TPSA) is 127 Å². The van der Waals surface area contributed by atoms with Crippen molar-refractivity contribution in [3.8, 4) is 0 Å². The first-order valence-corrected chi connectivity index (χ1v) is 5.81. The molecule has 0 aromatic heterocycles. The van der Waals surface area contributed by atoms with Crippen molar-refractivity contribution in [1.82, 2.24) is 5.32 Å². The number of primary sulfonamides is 1. The monoisotopic (exact) mass is 238 g/mol. The summed E-state index contributed by atoms with van der Waals surface area (Å²) in [5, 5.41) is 15.5. The molecule has 88 valence electrons. The normalized spacial score (nSPS) is 12.2. The van der Waals surface area contributed by atoms with Gasteiger partial charge in [0.2, 0.25) is 15.9 Å². The lowest BCUT2D eigenvalue weighted by Gasteiger charge is -2.17. The van der Waals surface area contributed by atoms with E-state index in [1.54, 1.807) is 0 Å². The molecule has 0 bridgehead atoms. The summed E-state index contributed by atoms with van der Waals surface area (Å²) in [6.45, 7) is 2.25. The molecule has 0 aliphatic carbocycles. The number of carboxylic acids is 1. The van der Waals surface area contributed by atoms with E-state index in [1.165, 1.54) is 13.8 Å². The van der Waals surface area contributed by atoms with Gasteiger partial charge in [-0.3, -0.25) is 9.59 Å². The number of hydrogen-bond acceptors (Lipinski definition) is 4. The predicted octanol–water partition coefficient (Wildman–Crippen LogP) is -1.50. The van der Waals surface area contributed by atoms with E-state index in [0.29, 0.717) is 0 Å². The summed E-state index contributed by atoms with van der Waals surface area (Å²) in [5.41, 5.74) is -1.58. The van der Waals surface area contributed by atoms with Crippen LogP contribution >= 0.6 is 0 Å². The third kappa shape index (κ3) is 4.75. The summed E-state index contributed by atoms with van der Waals surface area (Å²) >= 11 is 0. The summed E-state index contributed by atoms with van der Waals surface area (Å²) < 4.78 is 21.0. The van der Waals surface area contributed by atoms with Gasteiger partial charge in [-0.15, -0.1) is 0 Å². The minimum absolute atomic E-state index is 0.200. The third-order valence-corrected chi connectivity index (χ3v) is 2.55. The summed E-state index contributed by atoms with van der Waals surface area (Å²) in [6.07, 6.45) is 0. The fourth-order valence-corrected chi connectivity index (χ4v) is 1.01. The maximum Gasteiger partial charge on any atom is 0.318 e. The van der Waals surface area contributed by atoms with Gasteiger partial charge in [-0.05, 0) is 13.8 Å². The molecule has 0 aliphatic rings. The van der Waals surface area contributed by atoms with Crippen LogP contribution in [0, 0.1) is 5.41 Å².